The monoisotopic (exact) mass is 455 g/mol. The van der Waals surface area contributed by atoms with Gasteiger partial charge in [-0.15, -0.1) is 0 Å². The summed E-state index contributed by atoms with van der Waals surface area (Å²) < 4.78 is 15.6. The summed E-state index contributed by atoms with van der Waals surface area (Å²) in [6, 6.07) is 11.5. The van der Waals surface area contributed by atoms with Crippen LogP contribution in [0.3, 0.4) is 0 Å². The molecule has 0 radical (unpaired) electrons. The number of carbonyl (C=O) groups excluding carboxylic acids is 3. The minimum absolute atomic E-state index is 0.0528. The molecule has 1 fully saturated rings. The number of likely N-dealkylation sites (tertiary alicyclic amines) is 1. The molecule has 6 nitrogen and oxygen atoms in total. The fraction of sp³-hybridized carbons (Fsp3) is 0.292. The average molecular weight is 456 g/mol. The summed E-state index contributed by atoms with van der Waals surface area (Å²) in [7, 11) is 0. The van der Waals surface area contributed by atoms with E-state index in [0.717, 1.165) is 19.3 Å². The van der Waals surface area contributed by atoms with E-state index in [0.29, 0.717) is 24.0 Å². The average Bonchev–Trinajstić information content (AvgIpc) is 3.16. The minimum atomic E-state index is -0.569. The first-order valence-electron chi connectivity index (χ1n) is 10.6. The van der Waals surface area contributed by atoms with Crippen molar-refractivity contribution in [3.63, 3.8) is 0 Å². The van der Waals surface area contributed by atoms with Gasteiger partial charge in [0.25, 0.3) is 11.7 Å². The van der Waals surface area contributed by atoms with Gasteiger partial charge in [-0.25, -0.2) is 4.39 Å². The molecule has 0 aliphatic carbocycles. The normalized spacial score (nSPS) is 13.9. The number of ketones is 1. The van der Waals surface area contributed by atoms with E-state index in [2.05, 4.69) is 5.32 Å². The van der Waals surface area contributed by atoms with Gasteiger partial charge < -0.3 is 14.8 Å². The smallest absolute Gasteiger partial charge is 0.295 e. The number of fused-ring (bicyclic) bond motifs is 1. The zero-order valence-electron chi connectivity index (χ0n) is 17.4. The standard InChI is InChI=1S/C24H23ClFN3O3/c25-19-8-6-9-20(26)17(19)13-27-22(30)15-29-14-18(16-7-2-3-10-21(16)29)23(31)24(32)28-11-4-1-5-12-28/h2-3,6-10,14H,1,4-5,11-13,15H2,(H,27,30). The van der Waals surface area contributed by atoms with Crippen LogP contribution in [0.15, 0.2) is 48.7 Å². The number of piperidine rings is 1. The maximum Gasteiger partial charge on any atom is 0.295 e. The number of hydrogen-bond acceptors (Lipinski definition) is 3. The predicted molar refractivity (Wildman–Crippen MR) is 120 cm³/mol. The maximum absolute atomic E-state index is 13.9. The molecule has 2 heterocycles. The summed E-state index contributed by atoms with van der Waals surface area (Å²) in [6.45, 7) is 1.04. The molecule has 166 valence electrons. The number of aromatic nitrogens is 1. The van der Waals surface area contributed by atoms with Gasteiger partial charge >= 0.3 is 0 Å². The molecule has 32 heavy (non-hydrogen) atoms. The molecule has 1 N–H and O–H groups in total. The lowest BCUT2D eigenvalue weighted by atomic mass is 10.1. The van der Waals surface area contributed by atoms with Crippen molar-refractivity contribution in [3.8, 4) is 0 Å². The molecule has 2 aromatic carbocycles. The minimum Gasteiger partial charge on any atom is -0.350 e. The number of halogens is 2. The number of para-hydroxylation sites is 1. The number of nitrogens with zero attached hydrogens (tertiary/aromatic N) is 2. The Bertz CT molecular complexity index is 1160. The second-order valence-electron chi connectivity index (χ2n) is 7.85. The third-order valence-corrected chi connectivity index (χ3v) is 6.06. The van der Waals surface area contributed by atoms with Crippen LogP contribution in [0.25, 0.3) is 10.9 Å². The number of Topliss-reactive ketones (excluding diaryl/α,β-unsaturated/α-hetero) is 1. The molecule has 0 saturated carbocycles. The molecule has 1 aliphatic rings. The zero-order chi connectivity index (χ0) is 22.7. The summed E-state index contributed by atoms with van der Waals surface area (Å²) in [6.07, 6.45) is 4.40. The van der Waals surface area contributed by atoms with E-state index < -0.39 is 17.5 Å². The van der Waals surface area contributed by atoms with Crippen LogP contribution in [0.1, 0.15) is 35.2 Å². The first-order chi connectivity index (χ1) is 15.5. The predicted octanol–water partition coefficient (Wildman–Crippen LogP) is 3.95. The van der Waals surface area contributed by atoms with E-state index in [1.165, 1.54) is 12.1 Å². The molecule has 0 atom stereocenters. The second-order valence-corrected chi connectivity index (χ2v) is 8.25. The van der Waals surface area contributed by atoms with Gasteiger partial charge in [0.2, 0.25) is 5.91 Å². The summed E-state index contributed by atoms with van der Waals surface area (Å²) in [5, 5.41) is 3.52. The number of hydrogen-bond donors (Lipinski definition) is 1. The molecular weight excluding hydrogens is 433 g/mol. The molecule has 0 unspecified atom stereocenters. The Morgan fingerprint density at radius 1 is 1.00 bits per heavy atom. The number of amides is 2. The molecule has 0 spiro atoms. The van der Waals surface area contributed by atoms with Gasteiger partial charge in [0.05, 0.1) is 5.56 Å². The van der Waals surface area contributed by atoms with Crippen LogP contribution in [0, 0.1) is 5.82 Å². The Balaban J connectivity index is 1.52. The van der Waals surface area contributed by atoms with E-state index in [1.54, 1.807) is 46.0 Å². The lowest BCUT2D eigenvalue weighted by Crippen LogP contribution is -2.40. The molecular formula is C24H23ClFN3O3. The van der Waals surface area contributed by atoms with Gasteiger partial charge in [-0.3, -0.25) is 14.4 Å². The van der Waals surface area contributed by atoms with E-state index in [-0.39, 0.29) is 35.1 Å². The van der Waals surface area contributed by atoms with Crippen molar-refractivity contribution >= 4 is 40.1 Å². The molecule has 1 aromatic heterocycles. The van der Waals surface area contributed by atoms with Crippen molar-refractivity contribution < 1.29 is 18.8 Å². The van der Waals surface area contributed by atoms with Gasteiger partial charge in [-0.2, -0.15) is 0 Å². The van der Waals surface area contributed by atoms with Gasteiger partial charge in [-0.1, -0.05) is 35.9 Å². The van der Waals surface area contributed by atoms with E-state index in [1.807, 2.05) is 0 Å². The number of benzene rings is 2. The zero-order valence-corrected chi connectivity index (χ0v) is 18.2. The van der Waals surface area contributed by atoms with E-state index in [9.17, 15) is 18.8 Å². The summed E-state index contributed by atoms with van der Waals surface area (Å²) in [4.78, 5) is 39.9. The Labute approximate surface area is 189 Å². The third kappa shape index (κ3) is 4.53. The van der Waals surface area contributed by atoms with Crippen molar-refractivity contribution in [2.75, 3.05) is 13.1 Å². The summed E-state index contributed by atoms with van der Waals surface area (Å²) in [5.74, 6) is -1.94. The van der Waals surface area contributed by atoms with Crippen LogP contribution < -0.4 is 5.32 Å². The summed E-state index contributed by atoms with van der Waals surface area (Å²) >= 11 is 6.01. The fourth-order valence-corrected chi connectivity index (χ4v) is 4.24. The van der Waals surface area contributed by atoms with E-state index >= 15 is 0 Å². The van der Waals surface area contributed by atoms with Crippen LogP contribution in [0.5, 0.6) is 0 Å². The maximum atomic E-state index is 13.9. The van der Waals surface area contributed by atoms with Crippen LogP contribution in [0.4, 0.5) is 4.39 Å². The Hall–Kier alpha value is -3.19. The number of carbonyl (C=O) groups is 3. The van der Waals surface area contributed by atoms with Gasteiger partial charge in [-0.05, 0) is 37.5 Å². The van der Waals surface area contributed by atoms with Crippen LogP contribution in [-0.2, 0) is 22.7 Å². The van der Waals surface area contributed by atoms with Gasteiger partial charge in [0, 0.05) is 47.3 Å². The second kappa shape index (κ2) is 9.53. The van der Waals surface area contributed by atoms with Crippen molar-refractivity contribution in [1.82, 2.24) is 14.8 Å². The quantitative estimate of drug-likeness (QED) is 0.452. The topological polar surface area (TPSA) is 71.4 Å². The van der Waals surface area contributed by atoms with Crippen molar-refractivity contribution in [2.45, 2.75) is 32.4 Å². The van der Waals surface area contributed by atoms with Gasteiger partial charge in [0.1, 0.15) is 12.4 Å². The highest BCUT2D eigenvalue weighted by molar-refractivity contribution is 6.44. The molecule has 4 rings (SSSR count). The third-order valence-electron chi connectivity index (χ3n) is 5.71. The van der Waals surface area contributed by atoms with Crippen molar-refractivity contribution in [2.24, 2.45) is 0 Å². The van der Waals surface area contributed by atoms with Crippen LogP contribution in [-0.4, -0.2) is 40.2 Å². The highest BCUT2D eigenvalue weighted by atomic mass is 35.5. The summed E-state index contributed by atoms with van der Waals surface area (Å²) in [5.41, 5.74) is 1.16. The first-order valence-corrected chi connectivity index (χ1v) is 10.9. The highest BCUT2D eigenvalue weighted by Gasteiger charge is 2.27. The van der Waals surface area contributed by atoms with Crippen LogP contribution in [0.2, 0.25) is 5.02 Å². The Kier molecular flexibility index (Phi) is 6.55. The molecule has 8 heteroatoms. The first kappa shape index (κ1) is 22.0. The molecule has 1 aliphatic heterocycles. The SMILES string of the molecule is O=C(Cn1cc(C(=O)C(=O)N2CCCCC2)c2ccccc21)NCc1c(F)cccc1Cl. The largest absolute Gasteiger partial charge is 0.350 e. The Morgan fingerprint density at radius 3 is 2.50 bits per heavy atom. The Morgan fingerprint density at radius 2 is 1.75 bits per heavy atom. The molecule has 3 aromatic rings. The molecule has 2 amide bonds. The lowest BCUT2D eigenvalue weighted by molar-refractivity contribution is -0.127. The van der Waals surface area contributed by atoms with E-state index in [4.69, 9.17) is 11.6 Å². The number of nitrogens with one attached hydrogen (secondary N) is 1. The highest BCUT2D eigenvalue weighted by Crippen LogP contribution is 2.23. The molecule has 1 saturated heterocycles. The van der Waals surface area contributed by atoms with Gasteiger partial charge in [0.15, 0.2) is 0 Å². The fourth-order valence-electron chi connectivity index (χ4n) is 4.01. The molecule has 0 bridgehead atoms. The van der Waals surface area contributed by atoms with Crippen molar-refractivity contribution in [1.29, 1.82) is 0 Å². The van der Waals surface area contributed by atoms with Crippen LogP contribution >= 0.6 is 11.6 Å². The van der Waals surface area contributed by atoms with Crippen molar-refractivity contribution in [3.05, 3.63) is 70.6 Å². The number of rotatable bonds is 6. The lowest BCUT2D eigenvalue weighted by Gasteiger charge is -2.25.